The predicted octanol–water partition coefficient (Wildman–Crippen LogP) is 2.84. The summed E-state index contributed by atoms with van der Waals surface area (Å²) in [6, 6.07) is 4.35. The van der Waals surface area contributed by atoms with Gasteiger partial charge >= 0.3 is 11.8 Å². The number of nitrogens with zero attached hydrogens (tertiary/aromatic N) is 3. The van der Waals surface area contributed by atoms with E-state index >= 15 is 0 Å². The Hall–Kier alpha value is -2.42. The largest absolute Gasteiger partial charge is 0.478 e. The normalized spacial score (nSPS) is 10.4. The molecule has 0 aliphatic heterocycles. The Balaban J connectivity index is 2.43. The molecule has 1 aromatic heterocycles. The monoisotopic (exact) mass is 354 g/mol. The van der Waals surface area contributed by atoms with Crippen molar-refractivity contribution in [2.45, 2.75) is 6.92 Å². The second kappa shape index (κ2) is 5.52. The number of benzene rings is 1. The van der Waals surface area contributed by atoms with Gasteiger partial charge < -0.3 is 20.5 Å². The van der Waals surface area contributed by atoms with Crippen LogP contribution in [0.15, 0.2) is 22.7 Å². The number of aromatic nitrogens is 2. The molecule has 0 saturated carbocycles. The van der Waals surface area contributed by atoms with Gasteiger partial charge in [0.25, 0.3) is 0 Å². The quantitative estimate of drug-likeness (QED) is 0.645. The fourth-order valence-electron chi connectivity index (χ4n) is 1.74. The first-order chi connectivity index (χ1) is 9.81. The summed E-state index contributed by atoms with van der Waals surface area (Å²) in [5.74, 6) is -0.627. The van der Waals surface area contributed by atoms with E-state index in [9.17, 15) is 14.9 Å². The number of nitro groups is 1. The summed E-state index contributed by atoms with van der Waals surface area (Å²) in [5.41, 5.74) is 0.620. The van der Waals surface area contributed by atoms with Crippen molar-refractivity contribution in [2.75, 3.05) is 5.32 Å². The molecule has 0 unspecified atom stereocenters. The third-order valence-corrected chi connectivity index (χ3v) is 3.60. The molecule has 0 radical (unpaired) electrons. The number of hydrogen-bond acceptors (Lipinski definition) is 5. The molecule has 2 aromatic rings. The summed E-state index contributed by atoms with van der Waals surface area (Å²) in [4.78, 5) is 25.2. The van der Waals surface area contributed by atoms with Crippen molar-refractivity contribution in [3.05, 3.63) is 44.2 Å². The Bertz CT molecular complexity index is 741. The first-order valence-electron chi connectivity index (χ1n) is 5.79. The number of carboxylic acid groups (broad SMARTS) is 1. The van der Waals surface area contributed by atoms with Crippen LogP contribution in [-0.2, 0) is 7.05 Å². The van der Waals surface area contributed by atoms with E-state index in [1.807, 2.05) is 0 Å². The highest BCUT2D eigenvalue weighted by Crippen LogP contribution is 2.31. The first kappa shape index (κ1) is 15.0. The van der Waals surface area contributed by atoms with Gasteiger partial charge in [0.1, 0.15) is 0 Å². The summed E-state index contributed by atoms with van der Waals surface area (Å²) in [6.07, 6.45) is 0. The topological polar surface area (TPSA) is 110 Å². The van der Waals surface area contributed by atoms with Gasteiger partial charge in [-0.15, -0.1) is 0 Å². The predicted molar refractivity (Wildman–Crippen MR) is 79.0 cm³/mol. The maximum absolute atomic E-state index is 11.0. The number of aromatic carboxylic acids is 1. The molecule has 0 atom stereocenters. The SMILES string of the molecule is Cc1nc([N+](=O)[O-])c(Nc2ccc(C(=O)O)cc2Br)n1C. The lowest BCUT2D eigenvalue weighted by molar-refractivity contribution is -0.388. The van der Waals surface area contributed by atoms with Crippen LogP contribution in [0.5, 0.6) is 0 Å². The molecule has 0 fully saturated rings. The molecule has 2 rings (SSSR count). The van der Waals surface area contributed by atoms with Crippen LogP contribution < -0.4 is 5.32 Å². The summed E-state index contributed by atoms with van der Waals surface area (Å²) in [7, 11) is 1.65. The summed E-state index contributed by atoms with van der Waals surface area (Å²) in [6.45, 7) is 1.65. The standard InChI is InChI=1S/C12H11BrN4O4/c1-6-14-11(17(20)21)10(16(6)2)15-9-4-3-7(12(18)19)5-8(9)13/h3-5,15H,1-2H3,(H,18,19). The van der Waals surface area contributed by atoms with Gasteiger partial charge in [0, 0.05) is 18.4 Å². The van der Waals surface area contributed by atoms with Gasteiger partial charge in [-0.2, -0.15) is 0 Å². The zero-order valence-corrected chi connectivity index (χ0v) is 12.7. The average Bonchev–Trinajstić information content (AvgIpc) is 2.69. The van der Waals surface area contributed by atoms with E-state index in [1.165, 1.54) is 18.2 Å². The summed E-state index contributed by atoms with van der Waals surface area (Å²) in [5, 5.41) is 22.8. The second-order valence-corrected chi connectivity index (χ2v) is 5.13. The maximum atomic E-state index is 11.0. The van der Waals surface area contributed by atoms with Crippen molar-refractivity contribution in [1.82, 2.24) is 9.55 Å². The lowest BCUT2D eigenvalue weighted by atomic mass is 10.2. The van der Waals surface area contributed by atoms with Gasteiger partial charge in [-0.05, 0) is 44.0 Å². The molecule has 21 heavy (non-hydrogen) atoms. The van der Waals surface area contributed by atoms with E-state index in [2.05, 4.69) is 26.2 Å². The Morgan fingerprint density at radius 1 is 1.52 bits per heavy atom. The maximum Gasteiger partial charge on any atom is 0.407 e. The van der Waals surface area contributed by atoms with Crippen molar-refractivity contribution in [3.8, 4) is 0 Å². The number of anilines is 2. The van der Waals surface area contributed by atoms with Gasteiger partial charge in [0.05, 0.1) is 11.3 Å². The lowest BCUT2D eigenvalue weighted by Crippen LogP contribution is -2.03. The first-order valence-corrected chi connectivity index (χ1v) is 6.58. The lowest BCUT2D eigenvalue weighted by Gasteiger charge is -2.09. The molecular formula is C12H11BrN4O4. The van der Waals surface area contributed by atoms with E-state index in [0.29, 0.717) is 16.0 Å². The molecule has 0 spiro atoms. The molecule has 0 bridgehead atoms. The molecule has 0 amide bonds. The van der Waals surface area contributed by atoms with Crippen molar-refractivity contribution >= 4 is 39.2 Å². The molecule has 1 heterocycles. The minimum Gasteiger partial charge on any atom is -0.478 e. The molecule has 9 heteroatoms. The third-order valence-electron chi connectivity index (χ3n) is 2.94. The van der Waals surface area contributed by atoms with E-state index < -0.39 is 10.9 Å². The Kier molecular flexibility index (Phi) is 3.94. The fourth-order valence-corrected chi connectivity index (χ4v) is 2.22. The van der Waals surface area contributed by atoms with E-state index in [1.54, 1.807) is 18.5 Å². The van der Waals surface area contributed by atoms with Crippen LogP contribution in [-0.4, -0.2) is 25.6 Å². The molecule has 0 aliphatic carbocycles. The molecule has 2 N–H and O–H groups in total. The molecule has 110 valence electrons. The zero-order valence-electron chi connectivity index (χ0n) is 11.1. The highest BCUT2D eigenvalue weighted by Gasteiger charge is 2.24. The summed E-state index contributed by atoms with van der Waals surface area (Å²) >= 11 is 3.24. The van der Waals surface area contributed by atoms with Gasteiger partial charge in [-0.1, -0.05) is 0 Å². The molecule has 8 nitrogen and oxygen atoms in total. The Morgan fingerprint density at radius 2 is 2.19 bits per heavy atom. The van der Waals surface area contributed by atoms with Crippen molar-refractivity contribution < 1.29 is 14.8 Å². The number of halogens is 1. The van der Waals surface area contributed by atoms with Gasteiger partial charge in [-0.25, -0.2) is 4.79 Å². The molecule has 1 aromatic carbocycles. The molecular weight excluding hydrogens is 344 g/mol. The van der Waals surface area contributed by atoms with Crippen LogP contribution in [0.3, 0.4) is 0 Å². The highest BCUT2D eigenvalue weighted by molar-refractivity contribution is 9.10. The number of rotatable bonds is 4. The Labute approximate surface area is 127 Å². The molecule has 0 saturated heterocycles. The van der Waals surface area contributed by atoms with Crippen LogP contribution in [0.2, 0.25) is 0 Å². The fraction of sp³-hybridized carbons (Fsp3) is 0.167. The van der Waals surface area contributed by atoms with Gasteiger partial charge in [0.2, 0.25) is 11.6 Å². The number of imidazole rings is 1. The number of hydrogen-bond donors (Lipinski definition) is 2. The van der Waals surface area contributed by atoms with E-state index in [-0.39, 0.29) is 17.2 Å². The smallest absolute Gasteiger partial charge is 0.407 e. The van der Waals surface area contributed by atoms with Crippen LogP contribution in [0, 0.1) is 17.0 Å². The van der Waals surface area contributed by atoms with E-state index in [0.717, 1.165) is 0 Å². The van der Waals surface area contributed by atoms with Crippen LogP contribution in [0.1, 0.15) is 16.2 Å². The Morgan fingerprint density at radius 3 is 2.71 bits per heavy atom. The van der Waals surface area contributed by atoms with Gasteiger partial charge in [0.15, 0.2) is 0 Å². The zero-order chi connectivity index (χ0) is 15.7. The van der Waals surface area contributed by atoms with Crippen LogP contribution >= 0.6 is 15.9 Å². The van der Waals surface area contributed by atoms with Gasteiger partial charge in [-0.3, -0.25) is 4.57 Å². The number of carboxylic acids is 1. The van der Waals surface area contributed by atoms with E-state index in [4.69, 9.17) is 5.11 Å². The third kappa shape index (κ3) is 2.87. The minimum atomic E-state index is -1.05. The minimum absolute atomic E-state index is 0.114. The van der Waals surface area contributed by atoms with Crippen LogP contribution in [0.4, 0.5) is 17.3 Å². The van der Waals surface area contributed by atoms with Crippen molar-refractivity contribution in [3.63, 3.8) is 0 Å². The number of nitrogens with one attached hydrogen (secondary N) is 1. The van der Waals surface area contributed by atoms with Crippen LogP contribution in [0.25, 0.3) is 0 Å². The second-order valence-electron chi connectivity index (χ2n) is 4.27. The summed E-state index contributed by atoms with van der Waals surface area (Å²) < 4.78 is 2.03. The average molecular weight is 355 g/mol. The molecule has 0 aliphatic rings. The number of carbonyl (C=O) groups is 1. The van der Waals surface area contributed by atoms with Crippen molar-refractivity contribution in [1.29, 1.82) is 0 Å². The number of aryl methyl sites for hydroxylation is 1. The van der Waals surface area contributed by atoms with Crippen molar-refractivity contribution in [2.24, 2.45) is 7.05 Å². The highest BCUT2D eigenvalue weighted by atomic mass is 79.9.